The Morgan fingerprint density at radius 3 is 2.68 bits per heavy atom. The molecule has 3 heterocycles. The summed E-state index contributed by atoms with van der Waals surface area (Å²) in [5.74, 6) is -1.30. The van der Waals surface area contributed by atoms with Crippen LogP contribution in [-0.4, -0.2) is 58.6 Å². The van der Waals surface area contributed by atoms with Crippen molar-refractivity contribution in [3.63, 3.8) is 0 Å². The molecule has 4 rings (SSSR count). The van der Waals surface area contributed by atoms with Crippen LogP contribution in [0.1, 0.15) is 71.7 Å². The zero-order valence-electron chi connectivity index (χ0n) is 17.9. The van der Waals surface area contributed by atoms with Crippen molar-refractivity contribution >= 4 is 23.6 Å². The van der Waals surface area contributed by atoms with Gasteiger partial charge < -0.3 is 5.73 Å². The van der Waals surface area contributed by atoms with Crippen molar-refractivity contribution < 1.29 is 19.2 Å². The van der Waals surface area contributed by atoms with Crippen LogP contribution >= 0.6 is 0 Å². The summed E-state index contributed by atoms with van der Waals surface area (Å²) in [5.41, 5.74) is 7.30. The van der Waals surface area contributed by atoms with Crippen LogP contribution in [0.5, 0.6) is 0 Å². The van der Waals surface area contributed by atoms with Crippen molar-refractivity contribution in [2.45, 2.75) is 64.1 Å². The minimum atomic E-state index is -0.940. The third-order valence-electron chi connectivity index (χ3n) is 6.86. The van der Waals surface area contributed by atoms with E-state index in [-0.39, 0.29) is 18.7 Å². The highest BCUT2D eigenvalue weighted by Gasteiger charge is 2.45. The van der Waals surface area contributed by atoms with E-state index in [4.69, 9.17) is 5.73 Å². The highest BCUT2D eigenvalue weighted by molar-refractivity contribution is 6.24. The van der Waals surface area contributed by atoms with E-state index in [2.05, 4.69) is 17.1 Å². The van der Waals surface area contributed by atoms with Gasteiger partial charge in [-0.2, -0.15) is 0 Å². The van der Waals surface area contributed by atoms with Crippen molar-refractivity contribution in [3.8, 4) is 0 Å². The van der Waals surface area contributed by atoms with E-state index < -0.39 is 23.8 Å². The summed E-state index contributed by atoms with van der Waals surface area (Å²) in [6.07, 6.45) is 4.53. The average Bonchev–Trinajstić information content (AvgIpc) is 2.99. The van der Waals surface area contributed by atoms with Crippen molar-refractivity contribution in [3.05, 3.63) is 34.9 Å². The van der Waals surface area contributed by atoms with Gasteiger partial charge in [0.25, 0.3) is 11.8 Å². The molecule has 0 bridgehead atoms. The number of likely N-dealkylation sites (tertiary alicyclic amines) is 1. The van der Waals surface area contributed by atoms with Crippen LogP contribution in [0.15, 0.2) is 18.2 Å². The SMILES string of the molecule is CC1CCCN(Cc2cccc3c2C(=O)N(C2CCC(=O)NC2=O)C3=O)C1CCCN. The molecule has 3 unspecified atom stereocenters. The van der Waals surface area contributed by atoms with Gasteiger partial charge in [-0.25, -0.2) is 0 Å². The summed E-state index contributed by atoms with van der Waals surface area (Å²) in [5, 5.41) is 2.24. The van der Waals surface area contributed by atoms with Gasteiger partial charge in [-0.05, 0) is 62.7 Å². The normalized spacial score (nSPS) is 26.9. The molecule has 0 spiro atoms. The largest absolute Gasteiger partial charge is 0.330 e. The minimum Gasteiger partial charge on any atom is -0.330 e. The second-order valence-corrected chi connectivity index (χ2v) is 8.88. The molecule has 3 atom stereocenters. The zero-order valence-corrected chi connectivity index (χ0v) is 17.9. The van der Waals surface area contributed by atoms with Gasteiger partial charge in [0.15, 0.2) is 0 Å². The van der Waals surface area contributed by atoms with Crippen molar-refractivity contribution in [1.29, 1.82) is 0 Å². The lowest BCUT2D eigenvalue weighted by atomic mass is 9.87. The number of fused-ring (bicyclic) bond motifs is 1. The number of nitrogens with zero attached hydrogens (tertiary/aromatic N) is 2. The molecule has 2 fully saturated rings. The van der Waals surface area contributed by atoms with Crippen molar-refractivity contribution in [2.24, 2.45) is 11.7 Å². The fourth-order valence-electron chi connectivity index (χ4n) is 5.26. The number of hydrogen-bond donors (Lipinski definition) is 2. The first-order chi connectivity index (χ1) is 14.9. The third kappa shape index (κ3) is 4.02. The third-order valence-corrected chi connectivity index (χ3v) is 6.86. The Kier molecular flexibility index (Phi) is 6.20. The van der Waals surface area contributed by atoms with Gasteiger partial charge in [0.2, 0.25) is 11.8 Å². The van der Waals surface area contributed by atoms with Gasteiger partial charge in [-0.15, -0.1) is 0 Å². The molecule has 1 aromatic rings. The Labute approximate surface area is 182 Å². The van der Waals surface area contributed by atoms with Gasteiger partial charge in [0.1, 0.15) is 6.04 Å². The Morgan fingerprint density at radius 1 is 1.13 bits per heavy atom. The number of nitrogens with two attached hydrogens (primary N) is 1. The van der Waals surface area contributed by atoms with Crippen LogP contribution in [0.25, 0.3) is 0 Å². The first-order valence-corrected chi connectivity index (χ1v) is 11.2. The highest BCUT2D eigenvalue weighted by atomic mass is 16.2. The topological polar surface area (TPSA) is 113 Å². The molecule has 1 aromatic carbocycles. The second kappa shape index (κ2) is 8.88. The Morgan fingerprint density at radius 2 is 1.94 bits per heavy atom. The number of nitrogens with one attached hydrogen (secondary N) is 1. The summed E-state index contributed by atoms with van der Waals surface area (Å²) in [7, 11) is 0. The molecule has 2 saturated heterocycles. The van der Waals surface area contributed by atoms with E-state index in [9.17, 15) is 19.2 Å². The number of amides is 4. The second-order valence-electron chi connectivity index (χ2n) is 8.88. The Balaban J connectivity index is 1.60. The summed E-state index contributed by atoms with van der Waals surface area (Å²) < 4.78 is 0. The minimum absolute atomic E-state index is 0.116. The zero-order chi connectivity index (χ0) is 22.1. The molecule has 0 aromatic heterocycles. The van der Waals surface area contributed by atoms with Gasteiger partial charge in [-0.3, -0.25) is 34.3 Å². The number of hydrogen-bond acceptors (Lipinski definition) is 6. The molecule has 0 saturated carbocycles. The van der Waals surface area contributed by atoms with Gasteiger partial charge in [-0.1, -0.05) is 19.1 Å². The lowest BCUT2D eigenvalue weighted by molar-refractivity contribution is -0.136. The van der Waals surface area contributed by atoms with E-state index in [0.29, 0.717) is 36.2 Å². The molecular formula is C23H30N4O4. The molecule has 4 amide bonds. The molecule has 3 aliphatic heterocycles. The Bertz CT molecular complexity index is 915. The molecule has 8 nitrogen and oxygen atoms in total. The maximum Gasteiger partial charge on any atom is 0.262 e. The summed E-state index contributed by atoms with van der Waals surface area (Å²) in [6, 6.07) is 4.81. The van der Waals surface area contributed by atoms with E-state index in [0.717, 1.165) is 36.3 Å². The molecular weight excluding hydrogens is 396 g/mol. The maximum absolute atomic E-state index is 13.3. The number of benzene rings is 1. The highest BCUT2D eigenvalue weighted by Crippen LogP contribution is 2.33. The molecule has 3 N–H and O–H groups in total. The number of imide groups is 2. The van der Waals surface area contributed by atoms with Gasteiger partial charge >= 0.3 is 0 Å². The predicted octanol–water partition coefficient (Wildman–Crippen LogP) is 1.43. The monoisotopic (exact) mass is 426 g/mol. The number of carbonyl (C=O) groups excluding carboxylic acids is 4. The van der Waals surface area contributed by atoms with Crippen LogP contribution in [0, 0.1) is 5.92 Å². The molecule has 3 aliphatic rings. The Hall–Kier alpha value is -2.58. The number of rotatable bonds is 6. The van der Waals surface area contributed by atoms with E-state index in [1.54, 1.807) is 12.1 Å². The van der Waals surface area contributed by atoms with Crippen LogP contribution in [0.4, 0.5) is 0 Å². The summed E-state index contributed by atoms with van der Waals surface area (Å²) in [6.45, 7) is 4.46. The molecule has 0 radical (unpaired) electrons. The lowest BCUT2D eigenvalue weighted by Crippen LogP contribution is -2.54. The van der Waals surface area contributed by atoms with Crippen LogP contribution in [0.3, 0.4) is 0 Å². The standard InChI is InChI=1S/C23H30N4O4/c1-14-5-4-12-26(17(14)8-3-11-24)13-15-6-2-7-16-20(15)23(31)27(22(16)30)18-9-10-19(28)25-21(18)29/h2,6-7,14,17-18H,3-5,8-13,24H2,1H3,(H,25,28,29). The maximum atomic E-state index is 13.3. The molecule has 0 aliphatic carbocycles. The fourth-order valence-corrected chi connectivity index (χ4v) is 5.26. The quantitative estimate of drug-likeness (QED) is 0.666. The average molecular weight is 427 g/mol. The molecule has 31 heavy (non-hydrogen) atoms. The summed E-state index contributed by atoms with van der Waals surface area (Å²) in [4.78, 5) is 53.6. The van der Waals surface area contributed by atoms with Gasteiger partial charge in [0.05, 0.1) is 11.1 Å². The van der Waals surface area contributed by atoms with Crippen LogP contribution in [0.2, 0.25) is 0 Å². The van der Waals surface area contributed by atoms with Crippen LogP contribution < -0.4 is 11.1 Å². The van der Waals surface area contributed by atoms with Crippen LogP contribution in [-0.2, 0) is 16.1 Å². The van der Waals surface area contributed by atoms with Crippen molar-refractivity contribution in [2.75, 3.05) is 13.1 Å². The van der Waals surface area contributed by atoms with E-state index in [1.165, 1.54) is 6.42 Å². The van der Waals surface area contributed by atoms with Crippen molar-refractivity contribution in [1.82, 2.24) is 15.1 Å². The first kappa shape index (κ1) is 21.6. The number of piperidine rings is 2. The van der Waals surface area contributed by atoms with E-state index in [1.807, 2.05) is 6.07 Å². The smallest absolute Gasteiger partial charge is 0.262 e. The van der Waals surface area contributed by atoms with E-state index >= 15 is 0 Å². The predicted molar refractivity (Wildman–Crippen MR) is 114 cm³/mol. The number of carbonyl (C=O) groups is 4. The molecule has 166 valence electrons. The lowest BCUT2D eigenvalue weighted by Gasteiger charge is -2.40. The first-order valence-electron chi connectivity index (χ1n) is 11.2. The summed E-state index contributed by atoms with van der Waals surface area (Å²) >= 11 is 0. The van der Waals surface area contributed by atoms with Gasteiger partial charge in [0, 0.05) is 19.0 Å². The fraction of sp³-hybridized carbons (Fsp3) is 0.565. The molecule has 8 heteroatoms.